The fourth-order valence-corrected chi connectivity index (χ4v) is 4.17. The second kappa shape index (κ2) is 7.42. The van der Waals surface area contributed by atoms with E-state index in [2.05, 4.69) is 20.3 Å². The average Bonchev–Trinajstić information content (AvgIpc) is 2.62. The normalized spacial score (nSPS) is 16.9. The van der Waals surface area contributed by atoms with Crippen molar-refractivity contribution in [1.82, 2.24) is 19.3 Å². The third-order valence-electron chi connectivity index (χ3n) is 4.01. The Bertz CT molecular complexity index is 762. The van der Waals surface area contributed by atoms with Crippen LogP contribution in [0.3, 0.4) is 0 Å². The number of sulfonamides is 1. The first-order chi connectivity index (χ1) is 11.6. The Balaban J connectivity index is 1.53. The Labute approximate surface area is 146 Å². The van der Waals surface area contributed by atoms with E-state index in [1.165, 1.54) is 10.5 Å². The number of nitrogens with zero attached hydrogens (tertiary/aromatic N) is 4. The van der Waals surface area contributed by atoms with Crippen molar-refractivity contribution in [1.29, 1.82) is 0 Å². The first kappa shape index (κ1) is 17.1. The molecule has 1 N–H and O–H groups in total. The lowest BCUT2D eigenvalue weighted by molar-refractivity contribution is 0.282. The molecule has 0 spiro atoms. The molecule has 1 fully saturated rings. The first-order valence-corrected chi connectivity index (χ1v) is 9.49. The topological polar surface area (TPSA) is 88.1 Å². The van der Waals surface area contributed by atoms with Crippen LogP contribution in [0.4, 0.5) is 5.95 Å². The lowest BCUT2D eigenvalue weighted by Gasteiger charge is -2.31. The van der Waals surface area contributed by atoms with Gasteiger partial charge in [-0.25, -0.2) is 18.4 Å². The predicted octanol–water partition coefficient (Wildman–Crippen LogP) is 2.04. The summed E-state index contributed by atoms with van der Waals surface area (Å²) in [4.78, 5) is 12.3. The highest BCUT2D eigenvalue weighted by Crippen LogP contribution is 2.23. The number of rotatable bonds is 5. The van der Waals surface area contributed by atoms with Crippen LogP contribution in [0.15, 0.2) is 41.8 Å². The predicted molar refractivity (Wildman–Crippen MR) is 91.3 cm³/mol. The molecule has 0 unspecified atom stereocenters. The maximum Gasteiger partial charge on any atom is 0.244 e. The Kier molecular flexibility index (Phi) is 5.27. The van der Waals surface area contributed by atoms with Crippen molar-refractivity contribution in [2.45, 2.75) is 17.7 Å². The van der Waals surface area contributed by atoms with E-state index in [9.17, 15) is 8.42 Å². The molecule has 3 rings (SSSR count). The highest BCUT2D eigenvalue weighted by atomic mass is 35.5. The molecule has 1 saturated heterocycles. The lowest BCUT2D eigenvalue weighted by Crippen LogP contribution is -2.39. The molecule has 1 aliphatic rings. The minimum Gasteiger partial charge on any atom is -0.354 e. The fourth-order valence-electron chi connectivity index (χ4n) is 2.64. The molecule has 24 heavy (non-hydrogen) atoms. The summed E-state index contributed by atoms with van der Waals surface area (Å²) in [6, 6.07) is 3.21. The summed E-state index contributed by atoms with van der Waals surface area (Å²) in [6.07, 6.45) is 7.62. The van der Waals surface area contributed by atoms with Gasteiger partial charge in [0.05, 0.1) is 17.4 Å². The molecular weight excluding hydrogens is 350 g/mol. The molecule has 0 aromatic carbocycles. The Morgan fingerprint density at radius 3 is 2.54 bits per heavy atom. The largest absolute Gasteiger partial charge is 0.354 e. The third kappa shape index (κ3) is 4.00. The molecule has 2 aromatic rings. The molecule has 2 aromatic heterocycles. The average molecular weight is 368 g/mol. The third-order valence-corrected chi connectivity index (χ3v) is 6.09. The van der Waals surface area contributed by atoms with E-state index in [-0.39, 0.29) is 4.90 Å². The number of anilines is 1. The lowest BCUT2D eigenvalue weighted by atomic mass is 9.98. The molecule has 3 heterocycles. The zero-order valence-corrected chi connectivity index (χ0v) is 14.5. The van der Waals surface area contributed by atoms with E-state index in [0.717, 1.165) is 12.8 Å². The van der Waals surface area contributed by atoms with Crippen LogP contribution < -0.4 is 5.32 Å². The molecule has 7 nitrogen and oxygen atoms in total. The van der Waals surface area contributed by atoms with Crippen molar-refractivity contribution in [2.75, 3.05) is 25.0 Å². The van der Waals surface area contributed by atoms with Crippen LogP contribution >= 0.6 is 11.6 Å². The summed E-state index contributed by atoms with van der Waals surface area (Å²) in [5.74, 6) is 0.912. The van der Waals surface area contributed by atoms with Gasteiger partial charge in [-0.05, 0) is 30.9 Å². The van der Waals surface area contributed by atoms with Crippen LogP contribution in [0.5, 0.6) is 0 Å². The zero-order valence-electron chi connectivity index (χ0n) is 13.0. The van der Waals surface area contributed by atoms with E-state index in [0.29, 0.717) is 36.5 Å². The number of halogens is 1. The number of nitrogens with one attached hydrogen (secondary N) is 1. The van der Waals surface area contributed by atoms with Crippen LogP contribution in [0.1, 0.15) is 12.8 Å². The minimum atomic E-state index is -3.45. The summed E-state index contributed by atoms with van der Waals surface area (Å²) in [7, 11) is -3.45. The van der Waals surface area contributed by atoms with Crippen LogP contribution in [0.25, 0.3) is 0 Å². The Morgan fingerprint density at radius 1 is 1.21 bits per heavy atom. The molecule has 0 aliphatic carbocycles. The molecule has 0 saturated carbocycles. The van der Waals surface area contributed by atoms with Gasteiger partial charge in [-0.3, -0.25) is 4.98 Å². The number of piperidine rings is 1. The highest BCUT2D eigenvalue weighted by molar-refractivity contribution is 7.89. The van der Waals surface area contributed by atoms with E-state index in [1.54, 1.807) is 30.7 Å². The van der Waals surface area contributed by atoms with Gasteiger partial charge >= 0.3 is 0 Å². The van der Waals surface area contributed by atoms with Crippen LogP contribution in [0.2, 0.25) is 5.02 Å². The highest BCUT2D eigenvalue weighted by Gasteiger charge is 2.29. The molecule has 0 atom stereocenters. The summed E-state index contributed by atoms with van der Waals surface area (Å²) in [5, 5.41) is 3.66. The SMILES string of the molecule is O=S(=O)(c1cccnc1)N1CCC(CNc2ncc(Cl)cn2)CC1. The van der Waals surface area contributed by atoms with Crippen LogP contribution in [-0.2, 0) is 10.0 Å². The van der Waals surface area contributed by atoms with Crippen molar-refractivity contribution >= 4 is 27.6 Å². The van der Waals surface area contributed by atoms with Gasteiger partial charge in [-0.15, -0.1) is 0 Å². The van der Waals surface area contributed by atoms with Crippen molar-refractivity contribution < 1.29 is 8.42 Å². The van der Waals surface area contributed by atoms with Gasteiger partial charge in [-0.2, -0.15) is 4.31 Å². The maximum atomic E-state index is 12.5. The van der Waals surface area contributed by atoms with Gasteiger partial charge in [-0.1, -0.05) is 11.6 Å². The maximum absolute atomic E-state index is 12.5. The summed E-state index contributed by atoms with van der Waals surface area (Å²) in [6.45, 7) is 1.72. The molecule has 0 amide bonds. The van der Waals surface area contributed by atoms with E-state index in [1.807, 2.05) is 0 Å². The Morgan fingerprint density at radius 2 is 1.92 bits per heavy atom. The summed E-state index contributed by atoms with van der Waals surface area (Å²) >= 11 is 5.75. The first-order valence-electron chi connectivity index (χ1n) is 7.67. The summed E-state index contributed by atoms with van der Waals surface area (Å²) in [5.41, 5.74) is 0. The van der Waals surface area contributed by atoms with Crippen molar-refractivity contribution in [3.05, 3.63) is 41.9 Å². The smallest absolute Gasteiger partial charge is 0.244 e. The molecule has 128 valence electrons. The fraction of sp³-hybridized carbons (Fsp3) is 0.400. The van der Waals surface area contributed by atoms with Crippen LogP contribution in [-0.4, -0.2) is 47.3 Å². The quantitative estimate of drug-likeness (QED) is 0.870. The molecular formula is C15H18ClN5O2S. The molecule has 0 bridgehead atoms. The molecule has 1 aliphatic heterocycles. The minimum absolute atomic E-state index is 0.246. The second-order valence-electron chi connectivity index (χ2n) is 5.64. The van der Waals surface area contributed by atoms with Gasteiger partial charge in [0, 0.05) is 32.0 Å². The van der Waals surface area contributed by atoms with E-state index in [4.69, 9.17) is 11.6 Å². The van der Waals surface area contributed by atoms with Crippen molar-refractivity contribution in [3.63, 3.8) is 0 Å². The molecule has 9 heteroatoms. The van der Waals surface area contributed by atoms with Crippen LogP contribution in [0, 0.1) is 5.92 Å². The zero-order chi connectivity index (χ0) is 17.0. The second-order valence-corrected chi connectivity index (χ2v) is 8.02. The summed E-state index contributed by atoms with van der Waals surface area (Å²) < 4.78 is 26.6. The van der Waals surface area contributed by atoms with Gasteiger partial charge in [0.1, 0.15) is 4.90 Å². The standard InChI is InChI=1S/C15H18ClN5O2S/c16-13-9-19-15(20-10-13)18-8-12-3-6-21(7-4-12)24(22,23)14-2-1-5-17-11-14/h1-2,5,9-12H,3-4,6-8H2,(H,18,19,20). The number of aromatic nitrogens is 3. The van der Waals surface area contributed by atoms with Gasteiger partial charge < -0.3 is 5.32 Å². The van der Waals surface area contributed by atoms with Gasteiger partial charge in [0.25, 0.3) is 0 Å². The van der Waals surface area contributed by atoms with Gasteiger partial charge in [0.15, 0.2) is 0 Å². The van der Waals surface area contributed by atoms with Crippen molar-refractivity contribution in [2.24, 2.45) is 5.92 Å². The Hall–Kier alpha value is -1.77. The van der Waals surface area contributed by atoms with Gasteiger partial charge in [0.2, 0.25) is 16.0 Å². The monoisotopic (exact) mass is 367 g/mol. The van der Waals surface area contributed by atoms with E-state index < -0.39 is 10.0 Å². The molecule has 0 radical (unpaired) electrons. The van der Waals surface area contributed by atoms with E-state index >= 15 is 0 Å². The van der Waals surface area contributed by atoms with Crippen molar-refractivity contribution in [3.8, 4) is 0 Å². The number of pyridine rings is 1. The number of hydrogen-bond acceptors (Lipinski definition) is 6. The number of hydrogen-bond donors (Lipinski definition) is 1.